The third-order valence-electron chi connectivity index (χ3n) is 8.66. The molecule has 1 N–H and O–H groups in total. The standard InChI is InChI=1S/C33H32ClFN4O4/c1-17-10-20-11-21(12-27(42-4)28(20)39-31(17)34)32(40)36-14-23(19-8-9-19)26-13-24-30(43-16-33(24,3)15-37-41)29(38-26)22-6-5-7-25(35)18(22)2/h5-7,10-13,19,23H,8-9,14-16H2,1-4H3,(H,36,40)/t23-,33-/m0/s1. The van der Waals surface area contributed by atoms with Gasteiger partial charge in [-0.1, -0.05) is 35.8 Å². The summed E-state index contributed by atoms with van der Waals surface area (Å²) in [6.45, 7) is 6.18. The summed E-state index contributed by atoms with van der Waals surface area (Å²) in [7, 11) is 1.53. The van der Waals surface area contributed by atoms with Crippen molar-refractivity contribution in [1.82, 2.24) is 15.3 Å². The van der Waals surface area contributed by atoms with Crippen molar-refractivity contribution in [2.45, 2.75) is 44.9 Å². The number of nitroso groups, excluding NO2 is 1. The van der Waals surface area contributed by atoms with Gasteiger partial charge in [0.1, 0.15) is 33.7 Å². The molecule has 0 bridgehead atoms. The van der Waals surface area contributed by atoms with Gasteiger partial charge < -0.3 is 14.8 Å². The first-order valence-electron chi connectivity index (χ1n) is 14.3. The van der Waals surface area contributed by atoms with Crippen molar-refractivity contribution >= 4 is 28.4 Å². The third-order valence-corrected chi connectivity index (χ3v) is 9.04. The fourth-order valence-corrected chi connectivity index (χ4v) is 6.05. The molecule has 1 aliphatic carbocycles. The van der Waals surface area contributed by atoms with Gasteiger partial charge in [0.15, 0.2) is 0 Å². The molecule has 0 radical (unpaired) electrons. The fourth-order valence-electron chi connectivity index (χ4n) is 5.91. The van der Waals surface area contributed by atoms with E-state index in [4.69, 9.17) is 26.1 Å². The lowest BCUT2D eigenvalue weighted by molar-refractivity contribution is 0.0950. The van der Waals surface area contributed by atoms with Crippen LogP contribution in [-0.4, -0.2) is 42.7 Å². The van der Waals surface area contributed by atoms with Crippen LogP contribution in [0.2, 0.25) is 5.15 Å². The number of rotatable bonds is 9. The van der Waals surface area contributed by atoms with Crippen LogP contribution in [0.1, 0.15) is 58.4 Å². The number of nitrogens with one attached hydrogen (secondary N) is 1. The zero-order valence-electron chi connectivity index (χ0n) is 24.5. The van der Waals surface area contributed by atoms with Gasteiger partial charge in [0, 0.05) is 40.2 Å². The van der Waals surface area contributed by atoms with Crippen molar-refractivity contribution in [2.75, 3.05) is 26.8 Å². The minimum absolute atomic E-state index is 0.0409. The van der Waals surface area contributed by atoms with E-state index in [0.717, 1.165) is 35.0 Å². The number of aryl methyl sites for hydroxylation is 1. The van der Waals surface area contributed by atoms with Crippen molar-refractivity contribution in [3.05, 3.63) is 86.3 Å². The van der Waals surface area contributed by atoms with Crippen LogP contribution in [-0.2, 0) is 5.41 Å². The molecule has 0 unspecified atom stereocenters. The van der Waals surface area contributed by atoms with Crippen LogP contribution < -0.4 is 14.8 Å². The summed E-state index contributed by atoms with van der Waals surface area (Å²) < 4.78 is 26.3. The van der Waals surface area contributed by atoms with E-state index in [1.807, 2.05) is 32.0 Å². The van der Waals surface area contributed by atoms with Crippen molar-refractivity contribution in [3.63, 3.8) is 0 Å². The monoisotopic (exact) mass is 602 g/mol. The Morgan fingerprint density at radius 2 is 2.02 bits per heavy atom. The van der Waals surface area contributed by atoms with Gasteiger partial charge in [0.2, 0.25) is 0 Å². The predicted octanol–water partition coefficient (Wildman–Crippen LogP) is 7.05. The number of aromatic nitrogens is 2. The molecule has 2 aliphatic rings. The SMILES string of the molecule is COc1cc(C(=O)NC[C@H](c2cc3c(c(-c4cccc(F)c4C)n2)OC[C@]3(C)CN=O)C2CC2)cc2cc(C)c(Cl)nc12. The Kier molecular flexibility index (Phi) is 7.54. The van der Waals surface area contributed by atoms with Crippen molar-refractivity contribution in [1.29, 1.82) is 0 Å². The van der Waals surface area contributed by atoms with Crippen LogP contribution in [0, 0.1) is 30.5 Å². The maximum atomic E-state index is 14.7. The minimum atomic E-state index is -0.640. The molecular formula is C33H32ClFN4O4. The van der Waals surface area contributed by atoms with E-state index in [-0.39, 0.29) is 30.8 Å². The quantitative estimate of drug-likeness (QED) is 0.163. The van der Waals surface area contributed by atoms with Crippen LogP contribution in [0.25, 0.3) is 22.2 Å². The summed E-state index contributed by atoms with van der Waals surface area (Å²) in [6, 6.07) is 12.2. The summed E-state index contributed by atoms with van der Waals surface area (Å²) in [5.74, 6) is 0.653. The van der Waals surface area contributed by atoms with Gasteiger partial charge in [-0.2, -0.15) is 4.91 Å². The third kappa shape index (κ3) is 5.31. The highest BCUT2D eigenvalue weighted by Gasteiger charge is 2.42. The van der Waals surface area contributed by atoms with Crippen molar-refractivity contribution in [3.8, 4) is 22.8 Å². The number of nitrogens with zero attached hydrogens (tertiary/aromatic N) is 3. The second-order valence-electron chi connectivity index (χ2n) is 11.8. The first kappa shape index (κ1) is 29.0. The molecule has 2 atom stereocenters. The Balaban J connectivity index is 1.37. The van der Waals surface area contributed by atoms with E-state index >= 15 is 0 Å². The van der Waals surface area contributed by atoms with Gasteiger partial charge in [-0.05, 0) is 74.1 Å². The second-order valence-corrected chi connectivity index (χ2v) is 12.2. The number of carbonyl (C=O) groups excluding carboxylic acids is 1. The summed E-state index contributed by atoms with van der Waals surface area (Å²) in [5, 5.41) is 7.45. The number of fused-ring (bicyclic) bond motifs is 2. The molecule has 1 aliphatic heterocycles. The molecule has 3 heterocycles. The topological polar surface area (TPSA) is 103 Å². The predicted molar refractivity (Wildman–Crippen MR) is 164 cm³/mol. The Bertz CT molecular complexity index is 1780. The van der Waals surface area contributed by atoms with E-state index in [0.29, 0.717) is 57.0 Å². The van der Waals surface area contributed by atoms with Crippen LogP contribution in [0.3, 0.4) is 0 Å². The molecule has 1 fully saturated rings. The lowest BCUT2D eigenvalue weighted by Gasteiger charge is -2.23. The van der Waals surface area contributed by atoms with Crippen LogP contribution in [0.4, 0.5) is 4.39 Å². The molecule has 2 aromatic carbocycles. The fraction of sp³-hybridized carbons (Fsp3) is 0.364. The van der Waals surface area contributed by atoms with Gasteiger partial charge in [0.25, 0.3) is 5.91 Å². The molecular weight excluding hydrogens is 571 g/mol. The van der Waals surface area contributed by atoms with Gasteiger partial charge in [-0.3, -0.25) is 4.79 Å². The smallest absolute Gasteiger partial charge is 0.251 e. The molecule has 222 valence electrons. The molecule has 0 spiro atoms. The molecule has 2 aromatic heterocycles. The molecule has 43 heavy (non-hydrogen) atoms. The number of methoxy groups -OCH3 is 1. The number of hydrogen-bond acceptors (Lipinski definition) is 7. The number of halogens is 2. The molecule has 10 heteroatoms. The summed E-state index contributed by atoms with van der Waals surface area (Å²) in [4.78, 5) is 34.4. The van der Waals surface area contributed by atoms with Crippen LogP contribution >= 0.6 is 11.6 Å². The number of amides is 1. The lowest BCUT2D eigenvalue weighted by atomic mass is 9.82. The average Bonchev–Trinajstić information content (AvgIpc) is 3.77. The Morgan fingerprint density at radius 1 is 1.23 bits per heavy atom. The molecule has 8 nitrogen and oxygen atoms in total. The molecule has 1 saturated carbocycles. The zero-order chi connectivity index (χ0) is 30.5. The van der Waals surface area contributed by atoms with E-state index in [2.05, 4.69) is 15.5 Å². The van der Waals surface area contributed by atoms with Crippen LogP contribution in [0.5, 0.6) is 11.5 Å². The highest BCUT2D eigenvalue weighted by molar-refractivity contribution is 6.30. The highest BCUT2D eigenvalue weighted by atomic mass is 35.5. The summed E-state index contributed by atoms with van der Waals surface area (Å²) >= 11 is 6.24. The van der Waals surface area contributed by atoms with E-state index in [9.17, 15) is 14.1 Å². The molecule has 0 saturated heterocycles. The van der Waals surface area contributed by atoms with Crippen molar-refractivity contribution in [2.24, 2.45) is 11.1 Å². The molecule has 1 amide bonds. The molecule has 4 aromatic rings. The maximum Gasteiger partial charge on any atom is 0.251 e. The normalized spacial score (nSPS) is 18.2. The van der Waals surface area contributed by atoms with Gasteiger partial charge in [0.05, 0.1) is 25.7 Å². The zero-order valence-corrected chi connectivity index (χ0v) is 25.2. The summed E-state index contributed by atoms with van der Waals surface area (Å²) in [6.07, 6.45) is 2.01. The highest BCUT2D eigenvalue weighted by Crippen LogP contribution is 2.49. The summed E-state index contributed by atoms with van der Waals surface area (Å²) in [5.41, 5.74) is 4.43. The number of carbonyl (C=O) groups is 1. The van der Waals surface area contributed by atoms with E-state index in [1.54, 1.807) is 25.1 Å². The Morgan fingerprint density at radius 3 is 2.74 bits per heavy atom. The Labute approximate surface area is 254 Å². The second kappa shape index (κ2) is 11.2. The van der Waals surface area contributed by atoms with Gasteiger partial charge >= 0.3 is 0 Å². The van der Waals surface area contributed by atoms with Crippen LogP contribution in [0.15, 0.2) is 47.6 Å². The number of pyridine rings is 2. The average molecular weight is 603 g/mol. The van der Waals surface area contributed by atoms with E-state index < -0.39 is 5.41 Å². The molecule has 6 rings (SSSR count). The van der Waals surface area contributed by atoms with Gasteiger partial charge in [-0.25, -0.2) is 14.4 Å². The minimum Gasteiger partial charge on any atom is -0.494 e. The largest absolute Gasteiger partial charge is 0.494 e. The first-order valence-corrected chi connectivity index (χ1v) is 14.7. The lowest BCUT2D eigenvalue weighted by Crippen LogP contribution is -2.30. The van der Waals surface area contributed by atoms with Crippen molar-refractivity contribution < 1.29 is 18.7 Å². The number of hydrogen-bond donors (Lipinski definition) is 1. The first-order chi connectivity index (χ1) is 20.6. The maximum absolute atomic E-state index is 14.7. The van der Waals surface area contributed by atoms with Gasteiger partial charge in [-0.15, -0.1) is 0 Å². The van der Waals surface area contributed by atoms with E-state index in [1.165, 1.54) is 13.2 Å². The Hall–Kier alpha value is -4.11. The number of ether oxygens (including phenoxy) is 2. The number of benzene rings is 2.